The predicted molar refractivity (Wildman–Crippen MR) is 91.5 cm³/mol. The molecule has 0 spiro atoms. The average Bonchev–Trinajstić information content (AvgIpc) is 2.63. The zero-order valence-corrected chi connectivity index (χ0v) is 13.1. The number of methoxy groups -OCH3 is 1. The number of carbonyl (C=O) groups is 1. The molecule has 4 nitrogen and oxygen atoms in total. The Bertz CT molecular complexity index is 839. The Kier molecular flexibility index (Phi) is 4.47. The molecule has 3 rings (SSSR count). The lowest BCUT2D eigenvalue weighted by atomic mass is 10.1. The zero-order valence-electron chi connectivity index (χ0n) is 13.1. The van der Waals surface area contributed by atoms with Crippen molar-refractivity contribution >= 4 is 5.97 Å². The standard InChI is InChI=1S/C20H16O4/c1-23-19-13-16(9-12-18(19)21)20(22)24-17-10-7-15(8-11-17)14-5-3-2-4-6-14/h2-13,21H,1H3. The van der Waals surface area contributed by atoms with Gasteiger partial charge in [-0.3, -0.25) is 0 Å². The molecular weight excluding hydrogens is 304 g/mol. The maximum Gasteiger partial charge on any atom is 0.343 e. The van der Waals surface area contributed by atoms with Gasteiger partial charge in [0.15, 0.2) is 11.5 Å². The second-order valence-corrected chi connectivity index (χ2v) is 5.17. The Labute approximate surface area is 139 Å². The summed E-state index contributed by atoms with van der Waals surface area (Å²) in [4.78, 5) is 12.2. The first-order valence-corrected chi connectivity index (χ1v) is 7.42. The Morgan fingerprint density at radius 3 is 2.21 bits per heavy atom. The fraction of sp³-hybridized carbons (Fsp3) is 0.0500. The summed E-state index contributed by atoms with van der Waals surface area (Å²) >= 11 is 0. The van der Waals surface area contributed by atoms with Crippen LogP contribution in [0.3, 0.4) is 0 Å². The van der Waals surface area contributed by atoms with Crippen LogP contribution in [0.1, 0.15) is 10.4 Å². The molecule has 0 radical (unpaired) electrons. The van der Waals surface area contributed by atoms with Gasteiger partial charge < -0.3 is 14.6 Å². The number of aromatic hydroxyl groups is 1. The molecule has 0 heterocycles. The van der Waals surface area contributed by atoms with Crippen LogP contribution in [0.2, 0.25) is 0 Å². The van der Waals surface area contributed by atoms with E-state index >= 15 is 0 Å². The molecule has 0 aromatic heterocycles. The lowest BCUT2D eigenvalue weighted by Crippen LogP contribution is -2.08. The van der Waals surface area contributed by atoms with E-state index in [9.17, 15) is 9.90 Å². The van der Waals surface area contributed by atoms with Gasteiger partial charge in [0.1, 0.15) is 5.75 Å². The molecule has 0 saturated carbocycles. The number of phenols is 1. The van der Waals surface area contributed by atoms with E-state index in [1.165, 1.54) is 25.3 Å². The molecule has 0 fully saturated rings. The first-order valence-electron chi connectivity index (χ1n) is 7.42. The molecule has 24 heavy (non-hydrogen) atoms. The molecule has 3 aromatic carbocycles. The monoisotopic (exact) mass is 320 g/mol. The molecule has 0 bridgehead atoms. The van der Waals surface area contributed by atoms with Gasteiger partial charge in [0.05, 0.1) is 12.7 Å². The fourth-order valence-electron chi connectivity index (χ4n) is 2.32. The molecule has 0 aliphatic heterocycles. The van der Waals surface area contributed by atoms with Crippen molar-refractivity contribution in [1.29, 1.82) is 0 Å². The maximum absolute atomic E-state index is 12.2. The fourth-order valence-corrected chi connectivity index (χ4v) is 2.32. The first-order chi connectivity index (χ1) is 11.7. The summed E-state index contributed by atoms with van der Waals surface area (Å²) in [6.07, 6.45) is 0. The zero-order chi connectivity index (χ0) is 16.9. The summed E-state index contributed by atoms with van der Waals surface area (Å²) in [6.45, 7) is 0. The summed E-state index contributed by atoms with van der Waals surface area (Å²) in [5.74, 6) is 0.137. The van der Waals surface area contributed by atoms with Gasteiger partial charge in [-0.25, -0.2) is 4.79 Å². The minimum atomic E-state index is -0.513. The van der Waals surface area contributed by atoms with Crippen LogP contribution < -0.4 is 9.47 Å². The van der Waals surface area contributed by atoms with Crippen molar-refractivity contribution < 1.29 is 19.4 Å². The number of benzene rings is 3. The van der Waals surface area contributed by atoms with E-state index in [0.717, 1.165) is 11.1 Å². The number of carbonyl (C=O) groups excluding carboxylic acids is 1. The number of hydrogen-bond donors (Lipinski definition) is 1. The largest absolute Gasteiger partial charge is 0.504 e. The Morgan fingerprint density at radius 1 is 0.875 bits per heavy atom. The average molecular weight is 320 g/mol. The van der Waals surface area contributed by atoms with Crippen LogP contribution in [0, 0.1) is 0 Å². The number of ether oxygens (including phenoxy) is 2. The predicted octanol–water partition coefficient (Wildman–Crippen LogP) is 4.29. The molecule has 0 unspecified atom stereocenters. The number of rotatable bonds is 4. The molecule has 120 valence electrons. The topological polar surface area (TPSA) is 55.8 Å². The van der Waals surface area contributed by atoms with Gasteiger partial charge >= 0.3 is 5.97 Å². The first kappa shape index (κ1) is 15.6. The van der Waals surface area contributed by atoms with Gasteiger partial charge in [-0.2, -0.15) is 0 Å². The van der Waals surface area contributed by atoms with Gasteiger partial charge in [0.25, 0.3) is 0 Å². The van der Waals surface area contributed by atoms with Crippen LogP contribution in [-0.2, 0) is 0 Å². The molecule has 0 aliphatic carbocycles. The summed E-state index contributed by atoms with van der Waals surface area (Å²) in [6, 6.07) is 21.6. The molecule has 0 aliphatic rings. The van der Waals surface area contributed by atoms with Crippen LogP contribution >= 0.6 is 0 Å². The van der Waals surface area contributed by atoms with Crippen molar-refractivity contribution in [2.45, 2.75) is 0 Å². The van der Waals surface area contributed by atoms with E-state index in [2.05, 4.69) is 0 Å². The van der Waals surface area contributed by atoms with Crippen LogP contribution in [0.5, 0.6) is 17.2 Å². The second kappa shape index (κ2) is 6.87. The summed E-state index contributed by atoms with van der Waals surface area (Å²) in [7, 11) is 1.42. The van der Waals surface area contributed by atoms with Crippen molar-refractivity contribution in [1.82, 2.24) is 0 Å². The molecular formula is C20H16O4. The molecule has 0 amide bonds. The Morgan fingerprint density at radius 2 is 1.54 bits per heavy atom. The highest BCUT2D eigenvalue weighted by atomic mass is 16.5. The second-order valence-electron chi connectivity index (χ2n) is 5.17. The summed E-state index contributed by atoms with van der Waals surface area (Å²) in [5, 5.41) is 9.57. The van der Waals surface area contributed by atoms with Crippen molar-refractivity contribution in [3.8, 4) is 28.4 Å². The quantitative estimate of drug-likeness (QED) is 0.575. The van der Waals surface area contributed by atoms with Gasteiger partial charge in [-0.05, 0) is 41.5 Å². The summed E-state index contributed by atoms with van der Waals surface area (Å²) in [5.41, 5.74) is 2.44. The van der Waals surface area contributed by atoms with E-state index in [-0.39, 0.29) is 11.5 Å². The number of hydrogen-bond acceptors (Lipinski definition) is 4. The third kappa shape index (κ3) is 3.38. The number of esters is 1. The minimum Gasteiger partial charge on any atom is -0.504 e. The molecule has 3 aromatic rings. The normalized spacial score (nSPS) is 10.2. The van der Waals surface area contributed by atoms with Crippen molar-refractivity contribution in [3.63, 3.8) is 0 Å². The van der Waals surface area contributed by atoms with Gasteiger partial charge in [0, 0.05) is 0 Å². The van der Waals surface area contributed by atoms with Crippen LogP contribution in [0.4, 0.5) is 0 Å². The van der Waals surface area contributed by atoms with E-state index in [0.29, 0.717) is 11.3 Å². The minimum absolute atomic E-state index is 0.0266. The lowest BCUT2D eigenvalue weighted by molar-refractivity contribution is 0.0734. The molecule has 4 heteroatoms. The van der Waals surface area contributed by atoms with E-state index < -0.39 is 5.97 Å². The number of phenolic OH excluding ortho intramolecular Hbond substituents is 1. The highest BCUT2D eigenvalue weighted by Gasteiger charge is 2.12. The summed E-state index contributed by atoms with van der Waals surface area (Å²) < 4.78 is 10.3. The molecule has 0 atom stereocenters. The molecule has 0 saturated heterocycles. The highest BCUT2D eigenvalue weighted by molar-refractivity contribution is 5.91. The highest BCUT2D eigenvalue weighted by Crippen LogP contribution is 2.27. The Hall–Kier alpha value is -3.27. The smallest absolute Gasteiger partial charge is 0.343 e. The van der Waals surface area contributed by atoms with Gasteiger partial charge in [-0.15, -0.1) is 0 Å². The maximum atomic E-state index is 12.2. The van der Waals surface area contributed by atoms with Crippen molar-refractivity contribution in [3.05, 3.63) is 78.4 Å². The van der Waals surface area contributed by atoms with E-state index in [4.69, 9.17) is 9.47 Å². The Balaban J connectivity index is 1.75. The van der Waals surface area contributed by atoms with E-state index in [1.807, 2.05) is 42.5 Å². The van der Waals surface area contributed by atoms with Crippen LogP contribution in [-0.4, -0.2) is 18.2 Å². The van der Waals surface area contributed by atoms with Gasteiger partial charge in [-0.1, -0.05) is 42.5 Å². The van der Waals surface area contributed by atoms with Gasteiger partial charge in [0.2, 0.25) is 0 Å². The molecule has 1 N–H and O–H groups in total. The lowest BCUT2D eigenvalue weighted by Gasteiger charge is -2.08. The van der Waals surface area contributed by atoms with Crippen LogP contribution in [0.25, 0.3) is 11.1 Å². The third-order valence-corrected chi connectivity index (χ3v) is 3.59. The van der Waals surface area contributed by atoms with E-state index in [1.54, 1.807) is 12.1 Å². The van der Waals surface area contributed by atoms with Crippen molar-refractivity contribution in [2.75, 3.05) is 7.11 Å². The van der Waals surface area contributed by atoms with Crippen LogP contribution in [0.15, 0.2) is 72.8 Å². The third-order valence-electron chi connectivity index (χ3n) is 3.59. The van der Waals surface area contributed by atoms with Crippen molar-refractivity contribution in [2.24, 2.45) is 0 Å². The SMILES string of the molecule is COc1cc(C(=O)Oc2ccc(-c3ccccc3)cc2)ccc1O.